The quantitative estimate of drug-likeness (QED) is 0.603. The van der Waals surface area contributed by atoms with Gasteiger partial charge in [0.05, 0.1) is 7.11 Å². The van der Waals surface area contributed by atoms with Gasteiger partial charge < -0.3 is 4.74 Å². The second-order valence-corrected chi connectivity index (χ2v) is 6.09. The first kappa shape index (κ1) is 15.8. The standard InChI is InChI=1S/C14H20N4O2S/c1-5-6-7-11(12(19)20-4)21-14-16-13-15-9(2)8-10(3)18(13)17-14/h8,11H,5-7H2,1-4H3. The molecule has 0 fully saturated rings. The zero-order valence-corrected chi connectivity index (χ0v) is 13.6. The maximum atomic E-state index is 11.8. The van der Waals surface area contributed by atoms with E-state index in [-0.39, 0.29) is 11.2 Å². The van der Waals surface area contributed by atoms with Gasteiger partial charge in [-0.1, -0.05) is 31.5 Å². The lowest BCUT2D eigenvalue weighted by Gasteiger charge is -2.11. The van der Waals surface area contributed by atoms with Gasteiger partial charge in [0.25, 0.3) is 5.78 Å². The van der Waals surface area contributed by atoms with Gasteiger partial charge in [0.2, 0.25) is 5.16 Å². The van der Waals surface area contributed by atoms with Gasteiger partial charge in [-0.2, -0.15) is 4.98 Å². The Morgan fingerprint density at radius 2 is 2.19 bits per heavy atom. The van der Waals surface area contributed by atoms with Gasteiger partial charge in [-0.25, -0.2) is 9.50 Å². The van der Waals surface area contributed by atoms with Crippen LogP contribution >= 0.6 is 11.8 Å². The number of esters is 1. The number of carbonyl (C=O) groups is 1. The second-order valence-electron chi connectivity index (χ2n) is 4.92. The van der Waals surface area contributed by atoms with Crippen molar-refractivity contribution in [2.75, 3.05) is 7.11 Å². The minimum atomic E-state index is -0.270. The molecule has 6 nitrogen and oxygen atoms in total. The average molecular weight is 308 g/mol. The van der Waals surface area contributed by atoms with E-state index in [9.17, 15) is 4.79 Å². The van der Waals surface area contributed by atoms with Crippen LogP contribution < -0.4 is 0 Å². The topological polar surface area (TPSA) is 69.4 Å². The molecule has 0 radical (unpaired) electrons. The molecular formula is C14H20N4O2S. The Bertz CT molecular complexity index is 641. The molecule has 1 unspecified atom stereocenters. The van der Waals surface area contributed by atoms with Crippen molar-refractivity contribution in [2.45, 2.75) is 50.4 Å². The fourth-order valence-corrected chi connectivity index (χ4v) is 3.07. The van der Waals surface area contributed by atoms with Crippen LogP contribution in [-0.2, 0) is 9.53 Å². The number of ether oxygens (including phenoxy) is 1. The Balaban J connectivity index is 2.24. The van der Waals surface area contributed by atoms with Crippen LogP contribution in [0.15, 0.2) is 11.2 Å². The zero-order chi connectivity index (χ0) is 15.4. The van der Waals surface area contributed by atoms with Crippen molar-refractivity contribution in [2.24, 2.45) is 0 Å². The molecule has 114 valence electrons. The smallest absolute Gasteiger partial charge is 0.319 e. The molecule has 0 spiro atoms. The van der Waals surface area contributed by atoms with Crippen LogP contribution in [0, 0.1) is 13.8 Å². The molecule has 0 bridgehead atoms. The third-order valence-corrected chi connectivity index (χ3v) is 4.23. The summed E-state index contributed by atoms with van der Waals surface area (Å²) >= 11 is 1.34. The number of carbonyl (C=O) groups excluding carboxylic acids is 1. The number of thioether (sulfide) groups is 1. The lowest BCUT2D eigenvalue weighted by Crippen LogP contribution is -2.18. The molecule has 0 aromatic carbocycles. The minimum Gasteiger partial charge on any atom is -0.468 e. The SMILES string of the molecule is CCCCC(Sc1nc2nc(C)cc(C)n2n1)C(=O)OC. The van der Waals surface area contributed by atoms with Gasteiger partial charge in [-0.15, -0.1) is 5.10 Å². The van der Waals surface area contributed by atoms with Gasteiger partial charge in [-0.05, 0) is 26.3 Å². The summed E-state index contributed by atoms with van der Waals surface area (Å²) in [6.07, 6.45) is 2.76. The van der Waals surface area contributed by atoms with Crippen LogP contribution in [0.2, 0.25) is 0 Å². The number of unbranched alkanes of at least 4 members (excludes halogenated alkanes) is 1. The molecule has 7 heteroatoms. The highest BCUT2D eigenvalue weighted by Crippen LogP contribution is 2.25. The molecule has 0 saturated heterocycles. The molecule has 1 atom stereocenters. The van der Waals surface area contributed by atoms with Crippen LogP contribution in [0.4, 0.5) is 0 Å². The van der Waals surface area contributed by atoms with Crippen LogP contribution in [0.3, 0.4) is 0 Å². The van der Waals surface area contributed by atoms with Crippen molar-refractivity contribution in [3.8, 4) is 0 Å². The summed E-state index contributed by atoms with van der Waals surface area (Å²) in [5.74, 6) is 0.335. The number of fused-ring (bicyclic) bond motifs is 1. The summed E-state index contributed by atoms with van der Waals surface area (Å²) in [4.78, 5) is 20.6. The molecule has 0 aliphatic heterocycles. The normalized spacial score (nSPS) is 12.6. The number of nitrogens with zero attached hydrogens (tertiary/aromatic N) is 4. The second kappa shape index (κ2) is 6.89. The highest BCUT2D eigenvalue weighted by atomic mass is 32.2. The lowest BCUT2D eigenvalue weighted by atomic mass is 10.2. The van der Waals surface area contributed by atoms with Gasteiger partial charge in [0, 0.05) is 11.4 Å². The van der Waals surface area contributed by atoms with E-state index in [4.69, 9.17) is 4.74 Å². The minimum absolute atomic E-state index is 0.229. The third kappa shape index (κ3) is 3.72. The van der Waals surface area contributed by atoms with Crippen molar-refractivity contribution in [3.63, 3.8) is 0 Å². The van der Waals surface area contributed by atoms with Gasteiger partial charge in [0.15, 0.2) is 0 Å². The Morgan fingerprint density at radius 1 is 1.43 bits per heavy atom. The van der Waals surface area contributed by atoms with E-state index in [0.29, 0.717) is 10.9 Å². The number of hydrogen-bond acceptors (Lipinski definition) is 6. The monoisotopic (exact) mass is 308 g/mol. The number of methoxy groups -OCH3 is 1. The van der Waals surface area contributed by atoms with Crippen molar-refractivity contribution in [1.29, 1.82) is 0 Å². The van der Waals surface area contributed by atoms with Crippen molar-refractivity contribution < 1.29 is 9.53 Å². The first-order valence-corrected chi connectivity index (χ1v) is 7.88. The highest BCUT2D eigenvalue weighted by Gasteiger charge is 2.22. The zero-order valence-electron chi connectivity index (χ0n) is 12.8. The molecule has 21 heavy (non-hydrogen) atoms. The third-order valence-electron chi connectivity index (χ3n) is 3.13. The summed E-state index contributed by atoms with van der Waals surface area (Å²) in [7, 11) is 1.41. The highest BCUT2D eigenvalue weighted by molar-refractivity contribution is 8.00. The summed E-state index contributed by atoms with van der Waals surface area (Å²) in [5.41, 5.74) is 1.87. The molecule has 0 amide bonds. The first-order chi connectivity index (χ1) is 10.0. The van der Waals surface area contributed by atoms with E-state index in [1.54, 1.807) is 4.52 Å². The predicted molar refractivity (Wildman–Crippen MR) is 81.4 cm³/mol. The Morgan fingerprint density at radius 3 is 2.86 bits per heavy atom. The van der Waals surface area contributed by atoms with Crippen LogP contribution in [-0.4, -0.2) is 37.9 Å². The Hall–Kier alpha value is -1.63. The van der Waals surface area contributed by atoms with Crippen molar-refractivity contribution in [1.82, 2.24) is 19.6 Å². The number of hydrogen-bond donors (Lipinski definition) is 0. The van der Waals surface area contributed by atoms with Crippen molar-refractivity contribution >= 4 is 23.5 Å². The number of aromatic nitrogens is 4. The summed E-state index contributed by atoms with van der Waals surface area (Å²) in [6.45, 7) is 5.98. The number of rotatable bonds is 6. The van der Waals surface area contributed by atoms with Crippen molar-refractivity contribution in [3.05, 3.63) is 17.5 Å². The first-order valence-electron chi connectivity index (χ1n) is 7.00. The van der Waals surface area contributed by atoms with E-state index in [1.807, 2.05) is 19.9 Å². The molecule has 2 aromatic rings. The molecule has 2 rings (SSSR count). The van der Waals surface area contributed by atoms with E-state index in [1.165, 1.54) is 18.9 Å². The molecule has 0 N–H and O–H groups in total. The van der Waals surface area contributed by atoms with E-state index in [0.717, 1.165) is 30.7 Å². The molecule has 0 saturated carbocycles. The van der Waals surface area contributed by atoms with Crippen LogP contribution in [0.1, 0.15) is 37.6 Å². The predicted octanol–water partition coefficient (Wildman–Crippen LogP) is 2.57. The van der Waals surface area contributed by atoms with E-state index >= 15 is 0 Å². The summed E-state index contributed by atoms with van der Waals surface area (Å²) < 4.78 is 6.56. The Kier molecular flexibility index (Phi) is 5.17. The lowest BCUT2D eigenvalue weighted by molar-refractivity contribution is -0.140. The number of aryl methyl sites for hydroxylation is 2. The summed E-state index contributed by atoms with van der Waals surface area (Å²) in [6, 6.07) is 1.95. The molecule has 2 aromatic heterocycles. The van der Waals surface area contributed by atoms with Crippen LogP contribution in [0.5, 0.6) is 0 Å². The maximum Gasteiger partial charge on any atom is 0.319 e. The molecule has 0 aliphatic rings. The average Bonchev–Trinajstić information content (AvgIpc) is 2.85. The molecule has 2 heterocycles. The molecule has 0 aliphatic carbocycles. The fraction of sp³-hybridized carbons (Fsp3) is 0.571. The fourth-order valence-electron chi connectivity index (χ4n) is 2.07. The molecular weight excluding hydrogens is 288 g/mol. The Labute approximate surface area is 128 Å². The van der Waals surface area contributed by atoms with Gasteiger partial charge >= 0.3 is 5.97 Å². The maximum absolute atomic E-state index is 11.8. The van der Waals surface area contributed by atoms with E-state index in [2.05, 4.69) is 22.0 Å². The van der Waals surface area contributed by atoms with Gasteiger partial charge in [0.1, 0.15) is 5.25 Å². The van der Waals surface area contributed by atoms with E-state index < -0.39 is 0 Å². The van der Waals surface area contributed by atoms with Crippen LogP contribution in [0.25, 0.3) is 5.78 Å². The van der Waals surface area contributed by atoms with Gasteiger partial charge in [-0.3, -0.25) is 4.79 Å². The largest absolute Gasteiger partial charge is 0.468 e. The summed E-state index contributed by atoms with van der Waals surface area (Å²) in [5, 5.41) is 4.70.